The fraction of sp³-hybridized carbons (Fsp3) is 0.562. The number of hydrogen-bond donors (Lipinski definition) is 2. The molecule has 0 atom stereocenters. The Morgan fingerprint density at radius 3 is 2.57 bits per heavy atom. The predicted molar refractivity (Wildman–Crippen MR) is 85.0 cm³/mol. The van der Waals surface area contributed by atoms with Crippen LogP contribution in [-0.4, -0.2) is 39.2 Å². The molecule has 3 N–H and O–H groups in total. The number of morpholine rings is 1. The summed E-state index contributed by atoms with van der Waals surface area (Å²) < 4.78 is 6.11. The van der Waals surface area contributed by atoms with E-state index in [0.717, 1.165) is 42.2 Å². The lowest BCUT2D eigenvalue weighted by atomic mass is 9.99. The monoisotopic (exact) mass is 288 g/mol. The summed E-state index contributed by atoms with van der Waals surface area (Å²) in [5, 5.41) is 0. The van der Waals surface area contributed by atoms with Gasteiger partial charge in [0, 0.05) is 18.8 Å². The molecular weight excluding hydrogens is 264 g/mol. The Balaban J connectivity index is 1.81. The number of aromatic nitrogens is 2. The van der Waals surface area contributed by atoms with Gasteiger partial charge in [-0.3, -0.25) is 4.90 Å². The number of nitrogens with two attached hydrogens (primary N) is 1. The molecule has 0 spiro atoms. The number of fused-ring (bicyclic) bond motifs is 1. The van der Waals surface area contributed by atoms with Crippen molar-refractivity contribution in [3.8, 4) is 0 Å². The van der Waals surface area contributed by atoms with Gasteiger partial charge >= 0.3 is 0 Å². The molecule has 2 aromatic rings. The number of hydrogen-bond acceptors (Lipinski definition) is 4. The normalized spacial score (nSPS) is 21.7. The van der Waals surface area contributed by atoms with Gasteiger partial charge in [0.25, 0.3) is 0 Å². The fourth-order valence-corrected chi connectivity index (χ4v) is 3.42. The molecule has 0 bridgehead atoms. The van der Waals surface area contributed by atoms with Crippen molar-refractivity contribution in [2.24, 2.45) is 0 Å². The van der Waals surface area contributed by atoms with Crippen LogP contribution in [0.5, 0.6) is 0 Å². The second kappa shape index (κ2) is 4.71. The van der Waals surface area contributed by atoms with Crippen LogP contribution in [0, 0.1) is 0 Å². The van der Waals surface area contributed by atoms with Crippen molar-refractivity contribution in [1.82, 2.24) is 14.9 Å². The van der Waals surface area contributed by atoms with Crippen LogP contribution in [0.1, 0.15) is 33.5 Å². The molecule has 2 heterocycles. The van der Waals surface area contributed by atoms with Gasteiger partial charge in [0.05, 0.1) is 28.8 Å². The number of ether oxygens (including phenoxy) is 1. The summed E-state index contributed by atoms with van der Waals surface area (Å²) >= 11 is 0. The quantitative estimate of drug-likeness (QED) is 0.833. The van der Waals surface area contributed by atoms with Gasteiger partial charge in [-0.25, -0.2) is 4.98 Å². The van der Waals surface area contributed by atoms with Gasteiger partial charge in [-0.1, -0.05) is 0 Å². The van der Waals surface area contributed by atoms with E-state index >= 15 is 0 Å². The molecule has 5 nitrogen and oxygen atoms in total. The second-order valence-electron chi connectivity index (χ2n) is 7.23. The third-order valence-corrected chi connectivity index (χ3v) is 3.69. The zero-order chi connectivity index (χ0) is 15.3. The van der Waals surface area contributed by atoms with E-state index in [9.17, 15) is 0 Å². The second-order valence-corrected chi connectivity index (χ2v) is 7.23. The zero-order valence-electron chi connectivity index (χ0n) is 13.2. The lowest BCUT2D eigenvalue weighted by Crippen LogP contribution is -2.56. The van der Waals surface area contributed by atoms with Gasteiger partial charge in [-0.15, -0.1) is 0 Å². The highest BCUT2D eigenvalue weighted by atomic mass is 16.5. The molecule has 0 amide bonds. The molecule has 1 aromatic carbocycles. The first kappa shape index (κ1) is 14.4. The van der Waals surface area contributed by atoms with Crippen molar-refractivity contribution >= 4 is 16.7 Å². The Morgan fingerprint density at radius 1 is 1.24 bits per heavy atom. The maximum absolute atomic E-state index is 6.11. The highest BCUT2D eigenvalue weighted by Crippen LogP contribution is 2.29. The first-order valence-corrected chi connectivity index (χ1v) is 7.39. The number of anilines is 1. The summed E-state index contributed by atoms with van der Waals surface area (Å²) in [5.41, 5.74) is 8.25. The minimum atomic E-state index is -0.141. The number of rotatable bonds is 2. The summed E-state index contributed by atoms with van der Waals surface area (Å²) in [4.78, 5) is 10.4. The molecule has 1 saturated heterocycles. The van der Waals surface area contributed by atoms with E-state index in [-0.39, 0.29) is 11.2 Å². The van der Waals surface area contributed by atoms with Gasteiger partial charge in [0.2, 0.25) is 0 Å². The minimum absolute atomic E-state index is 0.141. The lowest BCUT2D eigenvalue weighted by molar-refractivity contribution is -0.182. The Hall–Kier alpha value is -1.59. The van der Waals surface area contributed by atoms with Crippen molar-refractivity contribution in [3.63, 3.8) is 0 Å². The lowest BCUT2D eigenvalue weighted by Gasteiger charge is -2.47. The largest absolute Gasteiger partial charge is 0.399 e. The molecule has 0 aliphatic carbocycles. The first-order chi connectivity index (χ1) is 9.72. The molecular formula is C16H24N4O. The maximum Gasteiger partial charge on any atom is 0.121 e. The molecule has 1 aliphatic heterocycles. The SMILES string of the molecule is CC1(C)CN(Cc2nc3ccc(N)cc3[nH]2)CC(C)(C)O1. The van der Waals surface area contributed by atoms with Gasteiger partial charge in [0.15, 0.2) is 0 Å². The van der Waals surface area contributed by atoms with E-state index in [4.69, 9.17) is 10.5 Å². The van der Waals surface area contributed by atoms with Gasteiger partial charge < -0.3 is 15.5 Å². The third kappa shape index (κ3) is 3.19. The Bertz CT molecular complexity index is 643. The standard InChI is InChI=1S/C16H24N4O/c1-15(2)9-20(10-16(3,4)21-15)8-14-18-12-6-5-11(17)7-13(12)19-14/h5-7H,8-10,17H2,1-4H3,(H,18,19). The first-order valence-electron chi connectivity index (χ1n) is 7.39. The molecule has 1 fully saturated rings. The number of nitrogen functional groups attached to an aromatic ring is 1. The Labute approximate surface area is 125 Å². The van der Waals surface area contributed by atoms with Crippen molar-refractivity contribution in [2.45, 2.75) is 45.4 Å². The smallest absolute Gasteiger partial charge is 0.121 e. The van der Waals surface area contributed by atoms with Crippen LogP contribution in [0.15, 0.2) is 18.2 Å². The van der Waals surface area contributed by atoms with Crippen LogP contribution in [0.25, 0.3) is 11.0 Å². The molecule has 0 saturated carbocycles. The van der Waals surface area contributed by atoms with E-state index in [0.29, 0.717) is 0 Å². The summed E-state index contributed by atoms with van der Waals surface area (Å²) in [7, 11) is 0. The van der Waals surface area contributed by atoms with E-state index < -0.39 is 0 Å². The zero-order valence-corrected chi connectivity index (χ0v) is 13.2. The minimum Gasteiger partial charge on any atom is -0.399 e. The van der Waals surface area contributed by atoms with Crippen LogP contribution in [0.2, 0.25) is 0 Å². The number of aromatic amines is 1. The molecule has 1 aliphatic rings. The number of nitrogens with one attached hydrogen (secondary N) is 1. The van der Waals surface area contributed by atoms with Gasteiger partial charge in [-0.2, -0.15) is 0 Å². The van der Waals surface area contributed by atoms with E-state index in [1.807, 2.05) is 18.2 Å². The number of benzene rings is 1. The van der Waals surface area contributed by atoms with Crippen LogP contribution in [0.4, 0.5) is 5.69 Å². The number of H-pyrrole nitrogens is 1. The van der Waals surface area contributed by atoms with Crippen LogP contribution < -0.4 is 5.73 Å². The van der Waals surface area contributed by atoms with E-state index in [1.54, 1.807) is 0 Å². The summed E-state index contributed by atoms with van der Waals surface area (Å²) in [6.07, 6.45) is 0. The van der Waals surface area contributed by atoms with Crippen molar-refractivity contribution in [1.29, 1.82) is 0 Å². The van der Waals surface area contributed by atoms with Gasteiger partial charge in [-0.05, 0) is 45.9 Å². The molecule has 5 heteroatoms. The molecule has 0 radical (unpaired) electrons. The topological polar surface area (TPSA) is 67.2 Å². The van der Waals surface area contributed by atoms with Crippen LogP contribution >= 0.6 is 0 Å². The summed E-state index contributed by atoms with van der Waals surface area (Å²) in [6.45, 7) is 11.1. The van der Waals surface area contributed by atoms with Crippen molar-refractivity contribution in [3.05, 3.63) is 24.0 Å². The van der Waals surface area contributed by atoms with E-state index in [2.05, 4.69) is 42.6 Å². The fourth-order valence-electron chi connectivity index (χ4n) is 3.42. The Morgan fingerprint density at radius 2 is 1.90 bits per heavy atom. The van der Waals surface area contributed by atoms with Gasteiger partial charge in [0.1, 0.15) is 5.82 Å². The Kier molecular flexibility index (Phi) is 3.22. The molecule has 1 aromatic heterocycles. The highest BCUT2D eigenvalue weighted by Gasteiger charge is 2.38. The summed E-state index contributed by atoms with van der Waals surface area (Å²) in [6, 6.07) is 5.77. The number of nitrogens with zero attached hydrogens (tertiary/aromatic N) is 2. The average Bonchev–Trinajstić information content (AvgIpc) is 2.65. The van der Waals surface area contributed by atoms with Crippen molar-refractivity contribution < 1.29 is 4.74 Å². The molecule has 21 heavy (non-hydrogen) atoms. The number of imidazole rings is 1. The highest BCUT2D eigenvalue weighted by molar-refractivity contribution is 5.78. The molecule has 3 rings (SSSR count). The maximum atomic E-state index is 6.11. The summed E-state index contributed by atoms with van der Waals surface area (Å²) in [5.74, 6) is 0.976. The average molecular weight is 288 g/mol. The predicted octanol–water partition coefficient (Wildman–Crippen LogP) is 2.53. The van der Waals surface area contributed by atoms with E-state index in [1.165, 1.54) is 0 Å². The third-order valence-electron chi connectivity index (χ3n) is 3.69. The van der Waals surface area contributed by atoms with Crippen LogP contribution in [-0.2, 0) is 11.3 Å². The van der Waals surface area contributed by atoms with Crippen LogP contribution in [0.3, 0.4) is 0 Å². The molecule has 0 unspecified atom stereocenters. The van der Waals surface area contributed by atoms with Crippen molar-refractivity contribution in [2.75, 3.05) is 18.8 Å². The molecule has 114 valence electrons.